The normalized spacial score (nSPS) is 15.2. The number of anilines is 1. The van der Waals surface area contributed by atoms with E-state index >= 15 is 0 Å². The average Bonchev–Trinajstić information content (AvgIpc) is 3.14. The summed E-state index contributed by atoms with van der Waals surface area (Å²) in [7, 11) is 0. The van der Waals surface area contributed by atoms with Gasteiger partial charge in [0, 0.05) is 17.2 Å². The van der Waals surface area contributed by atoms with Crippen LogP contribution in [0.2, 0.25) is 5.02 Å². The van der Waals surface area contributed by atoms with Crippen LogP contribution in [0.25, 0.3) is 11.1 Å². The maximum Gasteiger partial charge on any atom is 0.131 e. The molecule has 0 heterocycles. The number of fused-ring (bicyclic) bond motifs is 1. The number of halogens is 2. The molecular formula is C24H23ClFNO2. The summed E-state index contributed by atoms with van der Waals surface area (Å²) >= 11 is 6.46. The van der Waals surface area contributed by atoms with E-state index in [2.05, 4.69) is 11.4 Å². The maximum atomic E-state index is 14.4. The van der Waals surface area contributed by atoms with Gasteiger partial charge in [0.15, 0.2) is 0 Å². The number of hydrogen-bond donors (Lipinski definition) is 2. The van der Waals surface area contributed by atoms with E-state index in [1.165, 1.54) is 11.6 Å². The Morgan fingerprint density at radius 2 is 1.93 bits per heavy atom. The minimum Gasteiger partial charge on any atom is -0.493 e. The van der Waals surface area contributed by atoms with Crippen molar-refractivity contribution in [3.63, 3.8) is 0 Å². The molecule has 0 aromatic heterocycles. The van der Waals surface area contributed by atoms with E-state index in [-0.39, 0.29) is 18.5 Å². The second kappa shape index (κ2) is 8.44. The Morgan fingerprint density at radius 1 is 1.14 bits per heavy atom. The molecule has 1 aliphatic carbocycles. The van der Waals surface area contributed by atoms with Crippen molar-refractivity contribution >= 4 is 17.3 Å². The molecule has 0 fully saturated rings. The van der Waals surface area contributed by atoms with Crippen molar-refractivity contribution in [2.45, 2.75) is 32.4 Å². The number of rotatable bonds is 6. The first-order chi connectivity index (χ1) is 14.1. The highest BCUT2D eigenvalue weighted by atomic mass is 35.5. The van der Waals surface area contributed by atoms with Gasteiger partial charge < -0.3 is 15.2 Å². The second-order valence-electron chi connectivity index (χ2n) is 7.12. The number of hydrogen-bond acceptors (Lipinski definition) is 3. The summed E-state index contributed by atoms with van der Waals surface area (Å²) in [6.45, 7) is 2.28. The smallest absolute Gasteiger partial charge is 0.131 e. The lowest BCUT2D eigenvalue weighted by Crippen LogP contribution is -2.08. The van der Waals surface area contributed by atoms with Gasteiger partial charge in [-0.3, -0.25) is 0 Å². The summed E-state index contributed by atoms with van der Waals surface area (Å²) in [5.41, 5.74) is 5.34. The van der Waals surface area contributed by atoms with E-state index in [0.717, 1.165) is 29.7 Å². The van der Waals surface area contributed by atoms with E-state index in [4.69, 9.17) is 16.3 Å². The topological polar surface area (TPSA) is 41.5 Å². The predicted molar refractivity (Wildman–Crippen MR) is 115 cm³/mol. The van der Waals surface area contributed by atoms with Crippen LogP contribution in [-0.2, 0) is 13.0 Å². The molecular weight excluding hydrogens is 389 g/mol. The molecule has 0 spiro atoms. The Hall–Kier alpha value is -2.56. The fourth-order valence-corrected chi connectivity index (χ4v) is 4.28. The van der Waals surface area contributed by atoms with Crippen LogP contribution in [0.5, 0.6) is 5.75 Å². The minimum atomic E-state index is -0.207. The van der Waals surface area contributed by atoms with E-state index in [1.54, 1.807) is 12.1 Å². The Balaban J connectivity index is 1.67. The third-order valence-electron chi connectivity index (χ3n) is 5.38. The summed E-state index contributed by atoms with van der Waals surface area (Å²) in [5.74, 6) is 0.418. The quantitative estimate of drug-likeness (QED) is 0.512. The van der Waals surface area contributed by atoms with Crippen LogP contribution < -0.4 is 10.1 Å². The summed E-state index contributed by atoms with van der Waals surface area (Å²) in [6.07, 6.45) is 1.75. The molecule has 1 aliphatic rings. The van der Waals surface area contributed by atoms with Crippen molar-refractivity contribution in [3.05, 3.63) is 82.1 Å². The first kappa shape index (κ1) is 19.7. The molecule has 1 atom stereocenters. The van der Waals surface area contributed by atoms with Gasteiger partial charge in [-0.2, -0.15) is 0 Å². The van der Waals surface area contributed by atoms with Gasteiger partial charge in [0.25, 0.3) is 0 Å². The van der Waals surface area contributed by atoms with Crippen molar-refractivity contribution in [2.75, 3.05) is 11.9 Å². The van der Waals surface area contributed by atoms with E-state index in [0.29, 0.717) is 28.5 Å². The zero-order chi connectivity index (χ0) is 20.4. The zero-order valence-electron chi connectivity index (χ0n) is 16.2. The van der Waals surface area contributed by atoms with Gasteiger partial charge in [-0.25, -0.2) is 4.39 Å². The summed E-state index contributed by atoms with van der Waals surface area (Å²) in [5, 5.41) is 13.6. The molecule has 0 saturated heterocycles. The fraction of sp³-hybridized carbons (Fsp3) is 0.250. The average molecular weight is 412 g/mol. The fourth-order valence-electron chi connectivity index (χ4n) is 4.04. The van der Waals surface area contributed by atoms with E-state index < -0.39 is 0 Å². The Bertz CT molecular complexity index is 1040. The van der Waals surface area contributed by atoms with Gasteiger partial charge in [-0.1, -0.05) is 48.0 Å². The van der Waals surface area contributed by atoms with Gasteiger partial charge in [0.2, 0.25) is 0 Å². The first-order valence-corrected chi connectivity index (χ1v) is 10.2. The largest absolute Gasteiger partial charge is 0.493 e. The number of aliphatic hydroxyl groups is 1. The number of benzene rings is 3. The zero-order valence-corrected chi connectivity index (χ0v) is 17.0. The molecule has 2 N–H and O–H groups in total. The van der Waals surface area contributed by atoms with Crippen molar-refractivity contribution in [1.29, 1.82) is 0 Å². The maximum absolute atomic E-state index is 14.4. The van der Waals surface area contributed by atoms with Crippen molar-refractivity contribution < 1.29 is 14.2 Å². The lowest BCUT2D eigenvalue weighted by atomic mass is 9.96. The molecule has 0 aliphatic heterocycles. The van der Waals surface area contributed by atoms with E-state index in [9.17, 15) is 9.50 Å². The van der Waals surface area contributed by atoms with Crippen LogP contribution in [0.4, 0.5) is 10.1 Å². The Labute approximate surface area is 175 Å². The van der Waals surface area contributed by atoms with Crippen LogP contribution in [0.3, 0.4) is 0 Å². The van der Waals surface area contributed by atoms with Gasteiger partial charge >= 0.3 is 0 Å². The van der Waals surface area contributed by atoms with E-state index in [1.807, 2.05) is 37.3 Å². The Morgan fingerprint density at radius 3 is 2.69 bits per heavy atom. The Kier molecular flexibility index (Phi) is 5.74. The molecule has 3 nitrogen and oxygen atoms in total. The molecule has 3 aromatic carbocycles. The van der Waals surface area contributed by atoms with Crippen LogP contribution in [0, 0.1) is 5.82 Å². The number of aliphatic hydroxyl groups excluding tert-OH is 1. The molecule has 3 aromatic rings. The SMILES string of the molecule is CCOc1cc(NC2CCc3c(-c4ccccc4F)cccc32)c(Cl)cc1CO. The molecule has 0 radical (unpaired) electrons. The minimum absolute atomic E-state index is 0.0728. The first-order valence-electron chi connectivity index (χ1n) is 9.81. The van der Waals surface area contributed by atoms with Crippen molar-refractivity contribution in [1.82, 2.24) is 0 Å². The summed E-state index contributed by atoms with van der Waals surface area (Å²) < 4.78 is 20.0. The molecule has 150 valence electrons. The standard InChI is InChI=1S/C24H23ClFNO2/c1-2-29-24-13-23(20(25)12-15(24)14-28)27-22-11-10-17-16(7-5-8-19(17)22)18-6-3-4-9-21(18)26/h3-9,12-13,22,27-28H,2,10-11,14H2,1H3. The second-order valence-corrected chi connectivity index (χ2v) is 7.53. The molecule has 0 saturated carbocycles. The molecule has 5 heteroatoms. The van der Waals surface area contributed by atoms with Gasteiger partial charge in [-0.05, 0) is 48.6 Å². The molecule has 0 bridgehead atoms. The summed E-state index contributed by atoms with van der Waals surface area (Å²) in [4.78, 5) is 0. The lowest BCUT2D eigenvalue weighted by Gasteiger charge is -2.19. The highest BCUT2D eigenvalue weighted by Crippen LogP contribution is 2.41. The van der Waals surface area contributed by atoms with Crippen molar-refractivity contribution in [2.24, 2.45) is 0 Å². The van der Waals surface area contributed by atoms with Crippen LogP contribution in [-0.4, -0.2) is 11.7 Å². The predicted octanol–water partition coefficient (Wildman–Crippen LogP) is 6.14. The number of nitrogens with one attached hydrogen (secondary N) is 1. The van der Waals surface area contributed by atoms with Gasteiger partial charge in [0.1, 0.15) is 11.6 Å². The third-order valence-corrected chi connectivity index (χ3v) is 5.70. The van der Waals surface area contributed by atoms with Crippen molar-refractivity contribution in [3.8, 4) is 16.9 Å². The number of ether oxygens (including phenoxy) is 1. The molecule has 0 amide bonds. The highest BCUT2D eigenvalue weighted by molar-refractivity contribution is 6.33. The van der Waals surface area contributed by atoms with Crippen LogP contribution >= 0.6 is 11.6 Å². The van der Waals surface area contributed by atoms with Gasteiger partial charge in [0.05, 0.1) is 30.0 Å². The molecule has 4 rings (SSSR count). The van der Waals surface area contributed by atoms with Gasteiger partial charge in [-0.15, -0.1) is 0 Å². The van der Waals surface area contributed by atoms with Crippen LogP contribution in [0.1, 0.15) is 36.1 Å². The molecule has 29 heavy (non-hydrogen) atoms. The highest BCUT2D eigenvalue weighted by Gasteiger charge is 2.26. The summed E-state index contributed by atoms with van der Waals surface area (Å²) in [6, 6.07) is 16.6. The van der Waals surface area contributed by atoms with Crippen LogP contribution in [0.15, 0.2) is 54.6 Å². The molecule has 1 unspecified atom stereocenters. The monoisotopic (exact) mass is 411 g/mol. The third kappa shape index (κ3) is 3.83. The lowest BCUT2D eigenvalue weighted by molar-refractivity contribution is 0.267.